The highest BCUT2D eigenvalue weighted by atomic mass is 35.5. The Hall–Kier alpha value is -2.00. The number of amides is 1. The molecule has 0 N–H and O–H groups in total. The molecule has 2 aliphatic rings. The summed E-state index contributed by atoms with van der Waals surface area (Å²) in [4.78, 5) is 19.9. The van der Waals surface area contributed by atoms with Crippen molar-refractivity contribution in [1.29, 1.82) is 0 Å². The van der Waals surface area contributed by atoms with Gasteiger partial charge in [-0.15, -0.1) is 0 Å². The number of hydrogen-bond donors (Lipinski definition) is 0. The van der Waals surface area contributed by atoms with Crippen LogP contribution in [0.4, 0.5) is 11.4 Å². The highest BCUT2D eigenvalue weighted by Crippen LogP contribution is 2.31. The van der Waals surface area contributed by atoms with Gasteiger partial charge in [0.1, 0.15) is 6.04 Å². The number of rotatable bonds is 6. The van der Waals surface area contributed by atoms with E-state index in [-0.39, 0.29) is 18.2 Å². The first-order valence-corrected chi connectivity index (χ1v) is 14.4. The first-order chi connectivity index (χ1) is 16.7. The van der Waals surface area contributed by atoms with E-state index in [1.807, 2.05) is 49.1 Å². The van der Waals surface area contributed by atoms with Crippen LogP contribution in [0.3, 0.4) is 0 Å². The fraction of sp³-hybridized carbons (Fsp3) is 0.480. The van der Waals surface area contributed by atoms with Crippen LogP contribution in [0.2, 0.25) is 10.0 Å². The first-order valence-electron chi connectivity index (χ1n) is 12.0. The summed E-state index contributed by atoms with van der Waals surface area (Å²) in [6, 6.07) is 12.8. The van der Waals surface area contributed by atoms with E-state index in [1.54, 1.807) is 12.1 Å². The van der Waals surface area contributed by atoms with Crippen LogP contribution in [0.5, 0.6) is 0 Å². The summed E-state index contributed by atoms with van der Waals surface area (Å²) in [6.07, 6.45) is 0.549. The van der Waals surface area contributed by atoms with Gasteiger partial charge in [-0.25, -0.2) is 8.42 Å². The lowest BCUT2D eigenvalue weighted by molar-refractivity contribution is -0.133. The van der Waals surface area contributed by atoms with Crippen LogP contribution in [0.15, 0.2) is 42.5 Å². The third-order valence-corrected chi connectivity index (χ3v) is 9.35. The Bertz CT molecular complexity index is 1170. The standard InChI is InChI=1S/C25H32Cl2N4O3S/c1-3-16-35(33,34)30-14-15-31(22-7-5-4-6-19(22)2)24(18-30)25(32)29-12-10-28(11-13-29)23-17-20(26)8-9-21(23)27/h4-9,17,24H,3,10-16,18H2,1-2H3. The molecule has 35 heavy (non-hydrogen) atoms. The zero-order valence-corrected chi connectivity index (χ0v) is 22.5. The molecule has 190 valence electrons. The number of hydrogen-bond acceptors (Lipinski definition) is 5. The maximum Gasteiger partial charge on any atom is 0.246 e. The van der Waals surface area contributed by atoms with Crippen molar-refractivity contribution in [2.75, 3.05) is 61.4 Å². The molecule has 0 aliphatic carbocycles. The highest BCUT2D eigenvalue weighted by molar-refractivity contribution is 7.89. The average Bonchev–Trinajstić information content (AvgIpc) is 2.85. The van der Waals surface area contributed by atoms with Crippen molar-refractivity contribution < 1.29 is 13.2 Å². The molecule has 2 fully saturated rings. The molecular formula is C25H32Cl2N4O3S. The van der Waals surface area contributed by atoms with E-state index in [0.717, 1.165) is 16.9 Å². The summed E-state index contributed by atoms with van der Waals surface area (Å²) >= 11 is 12.6. The Labute approximate surface area is 218 Å². The zero-order valence-electron chi connectivity index (χ0n) is 20.2. The van der Waals surface area contributed by atoms with Crippen molar-refractivity contribution in [1.82, 2.24) is 9.21 Å². The van der Waals surface area contributed by atoms with Gasteiger partial charge in [0, 0.05) is 56.5 Å². The van der Waals surface area contributed by atoms with E-state index in [9.17, 15) is 13.2 Å². The van der Waals surface area contributed by atoms with Gasteiger partial charge in [-0.3, -0.25) is 4.79 Å². The van der Waals surface area contributed by atoms with E-state index in [0.29, 0.717) is 55.7 Å². The van der Waals surface area contributed by atoms with E-state index >= 15 is 0 Å². The van der Waals surface area contributed by atoms with Gasteiger partial charge in [0.25, 0.3) is 0 Å². The molecule has 0 radical (unpaired) electrons. The lowest BCUT2D eigenvalue weighted by atomic mass is 10.1. The highest BCUT2D eigenvalue weighted by Gasteiger charge is 2.39. The molecule has 7 nitrogen and oxygen atoms in total. The third kappa shape index (κ3) is 5.71. The Kier molecular flexibility index (Phi) is 8.16. The van der Waals surface area contributed by atoms with Gasteiger partial charge in [-0.05, 0) is 43.2 Å². The molecular weight excluding hydrogens is 507 g/mol. The topological polar surface area (TPSA) is 64.2 Å². The fourth-order valence-corrected chi connectivity index (χ4v) is 6.80. The van der Waals surface area contributed by atoms with Gasteiger partial charge in [0.15, 0.2) is 0 Å². The molecule has 2 saturated heterocycles. The number of sulfonamides is 1. The smallest absolute Gasteiger partial charge is 0.246 e. The molecule has 4 rings (SSSR count). The summed E-state index contributed by atoms with van der Waals surface area (Å²) < 4.78 is 27.2. The summed E-state index contributed by atoms with van der Waals surface area (Å²) in [5.41, 5.74) is 2.90. The number of halogens is 2. The Morgan fingerprint density at radius 2 is 1.69 bits per heavy atom. The van der Waals surface area contributed by atoms with E-state index < -0.39 is 16.1 Å². The first kappa shape index (κ1) is 26.1. The monoisotopic (exact) mass is 538 g/mol. The molecule has 2 aliphatic heterocycles. The zero-order chi connectivity index (χ0) is 25.2. The molecule has 10 heteroatoms. The minimum Gasteiger partial charge on any atom is -0.367 e. The number of carbonyl (C=O) groups excluding carboxylic acids is 1. The van der Waals surface area contributed by atoms with Crippen LogP contribution >= 0.6 is 23.2 Å². The SMILES string of the molecule is CCCS(=O)(=O)N1CCN(c2ccccc2C)C(C(=O)N2CCN(c3cc(Cl)ccc3Cl)CC2)C1. The molecule has 0 spiro atoms. The van der Waals surface area contributed by atoms with Crippen molar-refractivity contribution in [3.05, 3.63) is 58.1 Å². The largest absolute Gasteiger partial charge is 0.367 e. The predicted octanol–water partition coefficient (Wildman–Crippen LogP) is 3.88. The molecule has 2 aromatic rings. The molecule has 0 saturated carbocycles. The molecule has 1 amide bonds. The van der Waals surface area contributed by atoms with Gasteiger partial charge in [-0.2, -0.15) is 4.31 Å². The molecule has 2 heterocycles. The average molecular weight is 540 g/mol. The van der Waals surface area contributed by atoms with Crippen molar-refractivity contribution in [2.24, 2.45) is 0 Å². The van der Waals surface area contributed by atoms with Crippen LogP contribution < -0.4 is 9.80 Å². The number of carbonyl (C=O) groups is 1. The second-order valence-corrected chi connectivity index (χ2v) is 12.0. The van der Waals surface area contributed by atoms with Crippen LogP contribution in [0.25, 0.3) is 0 Å². The Morgan fingerprint density at radius 3 is 2.37 bits per heavy atom. The summed E-state index contributed by atoms with van der Waals surface area (Å²) in [5.74, 6) is 0.0543. The van der Waals surface area contributed by atoms with Crippen molar-refractivity contribution in [3.63, 3.8) is 0 Å². The van der Waals surface area contributed by atoms with Crippen LogP contribution in [-0.2, 0) is 14.8 Å². The van der Waals surface area contributed by atoms with Gasteiger partial charge in [-0.1, -0.05) is 48.3 Å². The number of anilines is 2. The maximum absolute atomic E-state index is 13.8. The van der Waals surface area contributed by atoms with E-state index in [4.69, 9.17) is 23.2 Å². The normalized spacial score (nSPS) is 19.8. The molecule has 0 aromatic heterocycles. The summed E-state index contributed by atoms with van der Waals surface area (Å²) in [5, 5.41) is 1.25. The van der Waals surface area contributed by atoms with Crippen molar-refractivity contribution in [2.45, 2.75) is 26.3 Å². The Morgan fingerprint density at radius 1 is 0.971 bits per heavy atom. The summed E-state index contributed by atoms with van der Waals surface area (Å²) in [6.45, 7) is 7.20. The van der Waals surface area contributed by atoms with Crippen molar-refractivity contribution >= 4 is 50.5 Å². The number of benzene rings is 2. The van der Waals surface area contributed by atoms with Gasteiger partial charge in [0.05, 0.1) is 16.5 Å². The van der Waals surface area contributed by atoms with E-state index in [1.165, 1.54) is 4.31 Å². The lowest BCUT2D eigenvalue weighted by Gasteiger charge is -2.45. The Balaban J connectivity index is 1.54. The van der Waals surface area contributed by atoms with Crippen LogP contribution in [0, 0.1) is 6.92 Å². The summed E-state index contributed by atoms with van der Waals surface area (Å²) in [7, 11) is -3.40. The van der Waals surface area contributed by atoms with Crippen molar-refractivity contribution in [3.8, 4) is 0 Å². The van der Waals surface area contributed by atoms with Crippen LogP contribution in [0.1, 0.15) is 18.9 Å². The second-order valence-electron chi connectivity index (χ2n) is 9.08. The lowest BCUT2D eigenvalue weighted by Crippen LogP contribution is -2.63. The van der Waals surface area contributed by atoms with Gasteiger partial charge < -0.3 is 14.7 Å². The maximum atomic E-state index is 13.8. The number of para-hydroxylation sites is 1. The molecule has 1 unspecified atom stereocenters. The molecule has 2 aromatic carbocycles. The molecule has 1 atom stereocenters. The fourth-order valence-electron chi connectivity index (χ4n) is 4.89. The minimum atomic E-state index is -3.40. The second kappa shape index (κ2) is 10.9. The van der Waals surface area contributed by atoms with Gasteiger partial charge in [0.2, 0.25) is 15.9 Å². The molecule has 0 bridgehead atoms. The minimum absolute atomic E-state index is 0.0403. The number of piperazine rings is 2. The quantitative estimate of drug-likeness (QED) is 0.558. The van der Waals surface area contributed by atoms with E-state index in [2.05, 4.69) is 9.80 Å². The third-order valence-electron chi connectivity index (χ3n) is 6.75. The van der Waals surface area contributed by atoms with Gasteiger partial charge >= 0.3 is 0 Å². The van der Waals surface area contributed by atoms with Crippen LogP contribution in [-0.4, -0.2) is 81.1 Å². The number of aryl methyl sites for hydroxylation is 1. The number of nitrogens with zero attached hydrogens (tertiary/aromatic N) is 4. The predicted molar refractivity (Wildman–Crippen MR) is 143 cm³/mol.